The first kappa shape index (κ1) is 12.1. The first-order valence-electron chi connectivity index (χ1n) is 3.45. The summed E-state index contributed by atoms with van der Waals surface area (Å²) >= 11 is 1.26. The van der Waals surface area contributed by atoms with Gasteiger partial charge in [0.15, 0.2) is 11.8 Å². The van der Waals surface area contributed by atoms with Gasteiger partial charge in [-0.2, -0.15) is 11.8 Å². The van der Waals surface area contributed by atoms with Crippen molar-refractivity contribution in [2.45, 2.75) is 5.54 Å². The molecule has 74 valence electrons. The van der Waals surface area contributed by atoms with Crippen LogP contribution >= 0.6 is 11.8 Å². The van der Waals surface area contributed by atoms with Gasteiger partial charge in [-0.1, -0.05) is 0 Å². The summed E-state index contributed by atoms with van der Waals surface area (Å²) in [7, 11) is 0. The Kier molecular flexibility index (Phi) is 4.64. The van der Waals surface area contributed by atoms with E-state index in [0.29, 0.717) is 6.29 Å². The highest BCUT2D eigenvalue weighted by atomic mass is 32.2. The largest absolute Gasteiger partial charge is 0.480 e. The zero-order valence-electron chi connectivity index (χ0n) is 7.10. The molecule has 0 aliphatic rings. The lowest BCUT2D eigenvalue weighted by Crippen LogP contribution is -2.57. The maximum absolute atomic E-state index is 10.6. The summed E-state index contributed by atoms with van der Waals surface area (Å²) in [5.41, 5.74) is 3.18. The molecular weight excluding hydrogens is 194 g/mol. The third-order valence-corrected chi connectivity index (χ3v) is 2.38. The van der Waals surface area contributed by atoms with Crippen molar-refractivity contribution in [3.63, 3.8) is 0 Å². The molecule has 0 spiro atoms. The van der Waals surface area contributed by atoms with E-state index < -0.39 is 17.4 Å². The summed E-state index contributed by atoms with van der Waals surface area (Å²) in [4.78, 5) is 31.6. The smallest absolute Gasteiger partial charge is 0.331 e. The van der Waals surface area contributed by atoms with Crippen molar-refractivity contribution >= 4 is 30.3 Å². The minimum absolute atomic E-state index is 0.102. The lowest BCUT2D eigenvalue weighted by atomic mass is 9.89. The molecule has 5 nitrogen and oxygen atoms in total. The molecule has 0 fully saturated rings. The maximum atomic E-state index is 10.6. The summed E-state index contributed by atoms with van der Waals surface area (Å²) < 4.78 is 0. The summed E-state index contributed by atoms with van der Waals surface area (Å²) in [6, 6.07) is 0. The first-order chi connectivity index (χ1) is 6.02. The van der Waals surface area contributed by atoms with E-state index in [1.54, 1.807) is 6.26 Å². The molecule has 13 heavy (non-hydrogen) atoms. The number of nitrogens with two attached hydrogens (primary N) is 1. The van der Waals surface area contributed by atoms with Gasteiger partial charge in [0.25, 0.3) is 0 Å². The summed E-state index contributed by atoms with van der Waals surface area (Å²) in [6.45, 7) is 0. The highest BCUT2D eigenvalue weighted by Crippen LogP contribution is 2.15. The van der Waals surface area contributed by atoms with E-state index in [9.17, 15) is 14.4 Å². The van der Waals surface area contributed by atoms with Crippen LogP contribution in [0.5, 0.6) is 0 Å². The number of aliphatic carboxylic acids is 1. The van der Waals surface area contributed by atoms with Crippen molar-refractivity contribution in [2.24, 2.45) is 11.7 Å². The number of carbonyl (C=O) groups is 3. The number of carbonyl (C=O) groups excluding carboxylic acids is 2. The lowest BCUT2D eigenvalue weighted by Gasteiger charge is -2.23. The van der Waals surface area contributed by atoms with E-state index in [1.165, 1.54) is 11.8 Å². The fourth-order valence-electron chi connectivity index (χ4n) is 0.766. The van der Waals surface area contributed by atoms with E-state index in [0.717, 1.165) is 0 Å². The van der Waals surface area contributed by atoms with Crippen molar-refractivity contribution in [1.82, 2.24) is 0 Å². The molecule has 0 aromatic heterocycles. The first-order valence-corrected chi connectivity index (χ1v) is 4.85. The number of aldehydes is 2. The second-order valence-electron chi connectivity index (χ2n) is 2.55. The quantitative estimate of drug-likeness (QED) is 0.433. The van der Waals surface area contributed by atoms with Gasteiger partial charge in [-0.25, -0.2) is 4.79 Å². The minimum atomic E-state index is -2.09. The molecule has 0 bridgehead atoms. The molecule has 0 heterocycles. The molecular formula is C7H11NO4S. The van der Waals surface area contributed by atoms with Crippen LogP contribution in [-0.4, -0.2) is 41.2 Å². The molecule has 0 radical (unpaired) electrons. The molecule has 3 N–H and O–H groups in total. The molecule has 0 amide bonds. The van der Waals surface area contributed by atoms with Crippen molar-refractivity contribution in [1.29, 1.82) is 0 Å². The molecule has 2 atom stereocenters. The van der Waals surface area contributed by atoms with Crippen LogP contribution in [0.4, 0.5) is 0 Å². The molecule has 2 unspecified atom stereocenters. The van der Waals surface area contributed by atoms with Crippen LogP contribution < -0.4 is 5.73 Å². The van der Waals surface area contributed by atoms with Gasteiger partial charge in [-0.3, -0.25) is 0 Å². The van der Waals surface area contributed by atoms with E-state index in [4.69, 9.17) is 10.8 Å². The van der Waals surface area contributed by atoms with Gasteiger partial charge in [-0.05, 0) is 6.26 Å². The van der Waals surface area contributed by atoms with Crippen molar-refractivity contribution in [3.8, 4) is 0 Å². The van der Waals surface area contributed by atoms with Gasteiger partial charge < -0.3 is 20.4 Å². The van der Waals surface area contributed by atoms with Crippen molar-refractivity contribution in [3.05, 3.63) is 0 Å². The second kappa shape index (κ2) is 4.98. The number of hydrogen-bond donors (Lipinski definition) is 2. The van der Waals surface area contributed by atoms with Crippen molar-refractivity contribution in [2.75, 3.05) is 12.0 Å². The van der Waals surface area contributed by atoms with Gasteiger partial charge in [0.1, 0.15) is 6.29 Å². The molecule has 0 aliphatic carbocycles. The second-order valence-corrected chi connectivity index (χ2v) is 3.46. The van der Waals surface area contributed by atoms with Gasteiger partial charge in [0.05, 0.1) is 5.92 Å². The number of hydrogen-bond acceptors (Lipinski definition) is 5. The predicted octanol–water partition coefficient (Wildman–Crippen LogP) is -0.854. The summed E-state index contributed by atoms with van der Waals surface area (Å²) in [5.74, 6) is -2.25. The fraction of sp³-hybridized carbons (Fsp3) is 0.571. The Bertz CT molecular complexity index is 221. The molecule has 0 rings (SSSR count). The Morgan fingerprint density at radius 1 is 1.69 bits per heavy atom. The van der Waals surface area contributed by atoms with Gasteiger partial charge >= 0.3 is 5.97 Å². The molecule has 0 aromatic carbocycles. The van der Waals surface area contributed by atoms with Crippen LogP contribution in [-0.2, 0) is 14.4 Å². The maximum Gasteiger partial charge on any atom is 0.331 e. The Hall–Kier alpha value is -0.880. The fourth-order valence-corrected chi connectivity index (χ4v) is 1.48. The summed E-state index contributed by atoms with van der Waals surface area (Å²) in [5, 5.41) is 8.64. The van der Waals surface area contributed by atoms with Gasteiger partial charge in [-0.15, -0.1) is 0 Å². The van der Waals surface area contributed by atoms with Crippen LogP contribution in [0.1, 0.15) is 0 Å². The molecule has 0 aliphatic heterocycles. The van der Waals surface area contributed by atoms with E-state index in [-0.39, 0.29) is 12.0 Å². The topological polar surface area (TPSA) is 97.5 Å². The normalized spacial score (nSPS) is 17.1. The van der Waals surface area contributed by atoms with Crippen molar-refractivity contribution < 1.29 is 19.5 Å². The Labute approximate surface area is 79.7 Å². The molecule has 0 aromatic rings. The van der Waals surface area contributed by atoms with Crippen LogP contribution in [0, 0.1) is 5.92 Å². The number of carboxylic acid groups (broad SMARTS) is 1. The SMILES string of the molecule is CSCC(C=O)C(N)(C=O)C(=O)O. The monoisotopic (exact) mass is 205 g/mol. The lowest BCUT2D eigenvalue weighted by molar-refractivity contribution is -0.148. The predicted molar refractivity (Wildman–Crippen MR) is 48.6 cm³/mol. The third-order valence-electron chi connectivity index (χ3n) is 1.69. The zero-order chi connectivity index (χ0) is 10.5. The number of rotatable bonds is 6. The average Bonchev–Trinajstić information content (AvgIpc) is 2.12. The highest BCUT2D eigenvalue weighted by molar-refractivity contribution is 7.98. The summed E-state index contributed by atoms with van der Waals surface area (Å²) in [6.07, 6.45) is 2.20. The third kappa shape index (κ3) is 2.53. The number of carboxylic acids is 1. The van der Waals surface area contributed by atoms with Crippen LogP contribution in [0.25, 0.3) is 0 Å². The van der Waals surface area contributed by atoms with E-state index >= 15 is 0 Å². The van der Waals surface area contributed by atoms with Crippen LogP contribution in [0.3, 0.4) is 0 Å². The van der Waals surface area contributed by atoms with Crippen LogP contribution in [0.15, 0.2) is 0 Å². The molecule has 0 saturated carbocycles. The average molecular weight is 205 g/mol. The zero-order valence-corrected chi connectivity index (χ0v) is 7.91. The number of thioether (sulfide) groups is 1. The molecule has 0 saturated heterocycles. The Morgan fingerprint density at radius 3 is 2.46 bits per heavy atom. The van der Waals surface area contributed by atoms with Gasteiger partial charge in [0, 0.05) is 5.75 Å². The Morgan fingerprint density at radius 2 is 2.23 bits per heavy atom. The highest BCUT2D eigenvalue weighted by Gasteiger charge is 2.42. The molecule has 6 heteroatoms. The Balaban J connectivity index is 4.79. The van der Waals surface area contributed by atoms with E-state index in [2.05, 4.69) is 0 Å². The van der Waals surface area contributed by atoms with Gasteiger partial charge in [0.2, 0.25) is 0 Å². The standard InChI is InChI=1S/C7H11NO4S/c1-13-3-5(2-9)7(8,4-10)6(11)12/h2,4-5H,3,8H2,1H3,(H,11,12). The minimum Gasteiger partial charge on any atom is -0.480 e. The van der Waals surface area contributed by atoms with E-state index in [1.807, 2.05) is 0 Å². The van der Waals surface area contributed by atoms with Crippen LogP contribution in [0.2, 0.25) is 0 Å².